The Bertz CT molecular complexity index is 477. The van der Waals surface area contributed by atoms with Gasteiger partial charge in [-0.05, 0) is 25.5 Å². The van der Waals surface area contributed by atoms with Gasteiger partial charge in [0.1, 0.15) is 12.6 Å². The molecule has 0 saturated heterocycles. The van der Waals surface area contributed by atoms with Crippen LogP contribution in [0.3, 0.4) is 0 Å². The zero-order chi connectivity index (χ0) is 17.1. The smallest absolute Gasteiger partial charge is 0.408 e. The van der Waals surface area contributed by atoms with Crippen molar-refractivity contribution in [2.45, 2.75) is 45.9 Å². The van der Waals surface area contributed by atoms with E-state index in [1.54, 1.807) is 6.92 Å². The molecule has 23 heavy (non-hydrogen) atoms. The Balaban J connectivity index is 2.17. The van der Waals surface area contributed by atoms with Crippen LogP contribution in [0.1, 0.15) is 32.8 Å². The number of amides is 2. The maximum Gasteiger partial charge on any atom is 0.408 e. The summed E-state index contributed by atoms with van der Waals surface area (Å²) in [6.07, 6.45) is 0.243. The first-order valence-electron chi connectivity index (χ1n) is 7.97. The molecule has 0 bridgehead atoms. The molecule has 0 saturated carbocycles. The molecule has 6 nitrogen and oxygen atoms in total. The van der Waals surface area contributed by atoms with Gasteiger partial charge in [-0.2, -0.15) is 0 Å². The van der Waals surface area contributed by atoms with Gasteiger partial charge in [0.05, 0.1) is 0 Å². The van der Waals surface area contributed by atoms with E-state index in [9.17, 15) is 9.59 Å². The minimum absolute atomic E-state index is 0.182. The second-order valence-corrected chi connectivity index (χ2v) is 5.68. The van der Waals surface area contributed by atoms with Crippen LogP contribution >= 0.6 is 0 Å². The monoisotopic (exact) mass is 321 g/mol. The summed E-state index contributed by atoms with van der Waals surface area (Å²) in [5.74, 6) is -0.216. The third-order valence-corrected chi connectivity index (χ3v) is 3.15. The zero-order valence-electron chi connectivity index (χ0n) is 14.1. The minimum atomic E-state index is -0.628. The van der Waals surface area contributed by atoms with Crippen molar-refractivity contribution in [3.05, 3.63) is 35.9 Å². The summed E-state index contributed by atoms with van der Waals surface area (Å²) < 4.78 is 5.08. The summed E-state index contributed by atoms with van der Waals surface area (Å²) in [6, 6.07) is 9.19. The van der Waals surface area contributed by atoms with Gasteiger partial charge in [-0.1, -0.05) is 44.2 Å². The number of hydrogen-bond donors (Lipinski definition) is 3. The van der Waals surface area contributed by atoms with Crippen molar-refractivity contribution >= 4 is 12.0 Å². The van der Waals surface area contributed by atoms with Crippen LogP contribution in [0.4, 0.5) is 4.79 Å². The maximum atomic E-state index is 11.8. The molecular formula is C17H27N3O3. The molecule has 0 aliphatic carbocycles. The van der Waals surface area contributed by atoms with Gasteiger partial charge in [0.15, 0.2) is 0 Å². The Kier molecular flexibility index (Phi) is 8.75. The van der Waals surface area contributed by atoms with Gasteiger partial charge in [0.2, 0.25) is 5.91 Å². The van der Waals surface area contributed by atoms with Crippen LogP contribution in [-0.2, 0) is 16.1 Å². The molecule has 0 aliphatic heterocycles. The average Bonchev–Trinajstić information content (AvgIpc) is 2.53. The van der Waals surface area contributed by atoms with E-state index < -0.39 is 12.1 Å². The first kappa shape index (κ1) is 19.0. The van der Waals surface area contributed by atoms with Crippen molar-refractivity contribution < 1.29 is 14.3 Å². The fourth-order valence-corrected chi connectivity index (χ4v) is 1.85. The lowest BCUT2D eigenvalue weighted by Gasteiger charge is -2.14. The molecule has 1 atom stereocenters. The van der Waals surface area contributed by atoms with Crippen LogP contribution in [0.2, 0.25) is 0 Å². The van der Waals surface area contributed by atoms with E-state index in [2.05, 4.69) is 29.8 Å². The van der Waals surface area contributed by atoms with Crippen LogP contribution < -0.4 is 16.0 Å². The van der Waals surface area contributed by atoms with Gasteiger partial charge in [0.25, 0.3) is 0 Å². The number of hydrogen-bond acceptors (Lipinski definition) is 4. The van der Waals surface area contributed by atoms with Crippen LogP contribution in [0, 0.1) is 0 Å². The summed E-state index contributed by atoms with van der Waals surface area (Å²) in [4.78, 5) is 23.5. The van der Waals surface area contributed by atoms with Gasteiger partial charge >= 0.3 is 6.09 Å². The number of rotatable bonds is 9. The van der Waals surface area contributed by atoms with E-state index in [0.717, 1.165) is 18.5 Å². The molecule has 1 aromatic rings. The molecule has 0 radical (unpaired) electrons. The molecule has 0 heterocycles. The fourth-order valence-electron chi connectivity index (χ4n) is 1.85. The Labute approximate surface area is 138 Å². The lowest BCUT2D eigenvalue weighted by atomic mass is 10.2. The Morgan fingerprint density at radius 1 is 1.09 bits per heavy atom. The molecule has 0 unspecified atom stereocenters. The molecule has 6 heteroatoms. The van der Waals surface area contributed by atoms with Crippen molar-refractivity contribution in [1.29, 1.82) is 0 Å². The standard InChI is InChI=1S/C17H27N3O3/c1-13(2)18-10-7-11-19-16(21)14(3)20-17(22)23-12-15-8-5-4-6-9-15/h4-6,8-9,13-14,18H,7,10-12H2,1-3H3,(H,19,21)(H,20,22)/t14-/m0/s1. The van der Waals surface area contributed by atoms with Crippen LogP contribution in [0.25, 0.3) is 0 Å². The summed E-state index contributed by atoms with van der Waals surface area (Å²) in [6.45, 7) is 7.38. The van der Waals surface area contributed by atoms with E-state index in [1.165, 1.54) is 0 Å². The normalized spacial score (nSPS) is 11.8. The minimum Gasteiger partial charge on any atom is -0.445 e. The van der Waals surface area contributed by atoms with Gasteiger partial charge in [-0.15, -0.1) is 0 Å². The predicted molar refractivity (Wildman–Crippen MR) is 90.0 cm³/mol. The molecule has 0 fully saturated rings. The number of benzene rings is 1. The molecule has 1 aromatic carbocycles. The van der Waals surface area contributed by atoms with Gasteiger partial charge in [-0.3, -0.25) is 4.79 Å². The Morgan fingerprint density at radius 2 is 1.78 bits per heavy atom. The lowest BCUT2D eigenvalue weighted by molar-refractivity contribution is -0.122. The maximum absolute atomic E-state index is 11.8. The predicted octanol–water partition coefficient (Wildman–Crippen LogP) is 1.81. The quantitative estimate of drug-likeness (QED) is 0.606. The lowest BCUT2D eigenvalue weighted by Crippen LogP contribution is -2.45. The van der Waals surface area contributed by atoms with Crippen molar-refractivity contribution in [1.82, 2.24) is 16.0 Å². The topological polar surface area (TPSA) is 79.5 Å². The molecule has 2 amide bonds. The Morgan fingerprint density at radius 3 is 2.43 bits per heavy atom. The molecule has 3 N–H and O–H groups in total. The highest BCUT2D eigenvalue weighted by molar-refractivity contribution is 5.85. The van der Waals surface area contributed by atoms with Gasteiger partial charge in [-0.25, -0.2) is 4.79 Å². The Hall–Kier alpha value is -2.08. The molecular weight excluding hydrogens is 294 g/mol. The first-order valence-corrected chi connectivity index (χ1v) is 7.97. The van der Waals surface area contributed by atoms with Crippen LogP contribution in [0.5, 0.6) is 0 Å². The average molecular weight is 321 g/mol. The SMILES string of the molecule is CC(C)NCCCNC(=O)[C@H](C)NC(=O)OCc1ccccc1. The summed E-state index contributed by atoms with van der Waals surface area (Å²) in [7, 11) is 0. The van der Waals surface area contributed by atoms with Crippen LogP contribution in [0.15, 0.2) is 30.3 Å². The largest absolute Gasteiger partial charge is 0.445 e. The highest BCUT2D eigenvalue weighted by atomic mass is 16.5. The van der Waals surface area contributed by atoms with E-state index >= 15 is 0 Å². The van der Waals surface area contributed by atoms with E-state index in [0.29, 0.717) is 12.6 Å². The summed E-state index contributed by atoms with van der Waals surface area (Å²) >= 11 is 0. The second kappa shape index (κ2) is 10.6. The van der Waals surface area contributed by atoms with Crippen molar-refractivity contribution in [3.63, 3.8) is 0 Å². The summed E-state index contributed by atoms with van der Waals surface area (Å²) in [5, 5.41) is 8.58. The van der Waals surface area contributed by atoms with Crippen LogP contribution in [-0.4, -0.2) is 37.2 Å². The molecule has 1 rings (SSSR count). The first-order chi connectivity index (χ1) is 11.0. The zero-order valence-corrected chi connectivity index (χ0v) is 14.1. The number of carbonyl (C=O) groups is 2. The number of alkyl carbamates (subject to hydrolysis) is 1. The van der Waals surface area contributed by atoms with E-state index in [1.807, 2.05) is 30.3 Å². The summed E-state index contributed by atoms with van der Waals surface area (Å²) in [5.41, 5.74) is 0.900. The van der Waals surface area contributed by atoms with Crippen molar-refractivity contribution in [3.8, 4) is 0 Å². The number of ether oxygens (including phenoxy) is 1. The third kappa shape index (κ3) is 8.83. The van der Waals surface area contributed by atoms with Gasteiger partial charge < -0.3 is 20.7 Å². The molecule has 0 aliphatic rings. The van der Waals surface area contributed by atoms with Crippen molar-refractivity contribution in [2.75, 3.05) is 13.1 Å². The van der Waals surface area contributed by atoms with Gasteiger partial charge in [0, 0.05) is 12.6 Å². The number of nitrogens with one attached hydrogen (secondary N) is 3. The highest BCUT2D eigenvalue weighted by Crippen LogP contribution is 2.00. The number of carbonyl (C=O) groups excluding carboxylic acids is 2. The van der Waals surface area contributed by atoms with E-state index in [4.69, 9.17) is 4.74 Å². The van der Waals surface area contributed by atoms with Crippen molar-refractivity contribution in [2.24, 2.45) is 0 Å². The molecule has 0 aromatic heterocycles. The highest BCUT2D eigenvalue weighted by Gasteiger charge is 2.15. The molecule has 0 spiro atoms. The second-order valence-electron chi connectivity index (χ2n) is 5.68. The molecule has 128 valence electrons. The van der Waals surface area contributed by atoms with E-state index in [-0.39, 0.29) is 12.5 Å². The third-order valence-electron chi connectivity index (χ3n) is 3.15. The fraction of sp³-hybridized carbons (Fsp3) is 0.529.